The third-order valence-corrected chi connectivity index (χ3v) is 7.05. The van der Waals surface area contributed by atoms with E-state index in [1.54, 1.807) is 18.2 Å². The highest BCUT2D eigenvalue weighted by Crippen LogP contribution is 2.43. The number of aliphatic hydroxyl groups is 1. The summed E-state index contributed by atoms with van der Waals surface area (Å²) in [4.78, 5) is 30.6. The van der Waals surface area contributed by atoms with Gasteiger partial charge in [-0.25, -0.2) is 0 Å². The Labute approximate surface area is 216 Å². The molecule has 3 aromatic carbocycles. The van der Waals surface area contributed by atoms with Crippen LogP contribution in [-0.2, 0) is 16.0 Å². The smallest absolute Gasteiger partial charge is 0.300 e. The van der Waals surface area contributed by atoms with Crippen molar-refractivity contribution in [3.05, 3.63) is 89.0 Å². The van der Waals surface area contributed by atoms with Gasteiger partial charge in [0, 0.05) is 30.0 Å². The van der Waals surface area contributed by atoms with Gasteiger partial charge in [0.05, 0.1) is 11.6 Å². The number of anilines is 2. The molecule has 2 heterocycles. The van der Waals surface area contributed by atoms with Gasteiger partial charge < -0.3 is 19.5 Å². The van der Waals surface area contributed by atoms with Crippen LogP contribution < -0.4 is 19.3 Å². The molecule has 0 bridgehead atoms. The van der Waals surface area contributed by atoms with Crippen LogP contribution in [0.3, 0.4) is 0 Å². The summed E-state index contributed by atoms with van der Waals surface area (Å²) in [5.74, 6) is -0.607. The second kappa shape index (κ2) is 10.0. The number of rotatable bonds is 7. The number of benzene rings is 3. The predicted molar refractivity (Wildman–Crippen MR) is 143 cm³/mol. The second-order valence-corrected chi connectivity index (χ2v) is 9.02. The maximum atomic E-state index is 13.4. The number of ketones is 1. The van der Waals surface area contributed by atoms with E-state index in [4.69, 9.17) is 9.47 Å². The van der Waals surface area contributed by atoms with Crippen molar-refractivity contribution in [2.24, 2.45) is 0 Å². The first-order valence-corrected chi connectivity index (χ1v) is 12.6. The average molecular weight is 499 g/mol. The van der Waals surface area contributed by atoms with Gasteiger partial charge in [-0.15, -0.1) is 0 Å². The van der Waals surface area contributed by atoms with E-state index < -0.39 is 17.7 Å². The molecule has 2 aliphatic rings. The molecule has 5 rings (SSSR count). The summed E-state index contributed by atoms with van der Waals surface area (Å²) in [7, 11) is 0. The van der Waals surface area contributed by atoms with Crippen molar-refractivity contribution in [2.75, 3.05) is 29.7 Å². The molecule has 1 atom stereocenters. The van der Waals surface area contributed by atoms with Gasteiger partial charge in [0.15, 0.2) is 11.5 Å². The van der Waals surface area contributed by atoms with Crippen LogP contribution in [0.15, 0.2) is 72.3 Å². The fourth-order valence-electron chi connectivity index (χ4n) is 4.96. The lowest BCUT2D eigenvalue weighted by Gasteiger charge is -2.27. The molecule has 0 spiro atoms. The van der Waals surface area contributed by atoms with E-state index in [1.807, 2.05) is 48.5 Å². The molecule has 0 aromatic heterocycles. The van der Waals surface area contributed by atoms with Gasteiger partial charge in [-0.3, -0.25) is 14.5 Å². The molecule has 7 heteroatoms. The summed E-state index contributed by atoms with van der Waals surface area (Å²) < 4.78 is 10.8. The summed E-state index contributed by atoms with van der Waals surface area (Å²) >= 11 is 0. The zero-order valence-electron chi connectivity index (χ0n) is 21.2. The van der Waals surface area contributed by atoms with Crippen LogP contribution in [0, 0.1) is 0 Å². The number of ether oxygens (including phenoxy) is 2. The standard InChI is InChI=1S/C30H30N2O5/c1-4-19-7-12-23(13-8-19)32-27(20-9-14-22(15-10-20)31(5-2)6-3)26(29(34)30(32)35)28(33)21-11-16-24-25(17-21)37-18-36-24/h7-17,27,33H,4-6,18H2,1-3H3/b28-26-. The molecule has 0 aliphatic carbocycles. The van der Waals surface area contributed by atoms with Gasteiger partial charge in [-0.05, 0) is 73.9 Å². The van der Waals surface area contributed by atoms with Crippen molar-refractivity contribution in [1.29, 1.82) is 0 Å². The van der Waals surface area contributed by atoms with Crippen molar-refractivity contribution >= 4 is 28.8 Å². The quantitative estimate of drug-likeness (QED) is 0.265. The van der Waals surface area contributed by atoms with Crippen molar-refractivity contribution in [1.82, 2.24) is 0 Å². The minimum atomic E-state index is -0.788. The van der Waals surface area contributed by atoms with Crippen molar-refractivity contribution in [3.63, 3.8) is 0 Å². The van der Waals surface area contributed by atoms with Gasteiger partial charge in [-0.1, -0.05) is 31.2 Å². The number of aliphatic hydroxyl groups excluding tert-OH is 1. The van der Waals surface area contributed by atoms with Crippen molar-refractivity contribution in [2.45, 2.75) is 33.2 Å². The normalized spacial score (nSPS) is 17.9. The van der Waals surface area contributed by atoms with Gasteiger partial charge in [0.1, 0.15) is 5.76 Å². The van der Waals surface area contributed by atoms with Crippen LogP contribution in [0.25, 0.3) is 5.76 Å². The highest BCUT2D eigenvalue weighted by Gasteiger charge is 2.47. The van der Waals surface area contributed by atoms with E-state index >= 15 is 0 Å². The molecular formula is C30H30N2O5. The molecule has 1 amide bonds. The topological polar surface area (TPSA) is 79.3 Å². The fourth-order valence-corrected chi connectivity index (χ4v) is 4.96. The van der Waals surface area contributed by atoms with Crippen LogP contribution in [0.2, 0.25) is 0 Å². The Hall–Kier alpha value is -4.26. The van der Waals surface area contributed by atoms with E-state index in [0.29, 0.717) is 22.7 Å². The number of carbonyl (C=O) groups is 2. The number of fused-ring (bicyclic) bond motifs is 1. The Morgan fingerprint density at radius 2 is 1.59 bits per heavy atom. The Morgan fingerprint density at radius 1 is 0.919 bits per heavy atom. The number of Topliss-reactive ketones (excluding diaryl/α,β-unsaturated/α-hetero) is 1. The van der Waals surface area contributed by atoms with Crippen LogP contribution >= 0.6 is 0 Å². The highest BCUT2D eigenvalue weighted by atomic mass is 16.7. The van der Waals surface area contributed by atoms with Crippen molar-refractivity contribution in [3.8, 4) is 11.5 Å². The maximum absolute atomic E-state index is 13.4. The Balaban J connectivity index is 1.65. The fraction of sp³-hybridized carbons (Fsp3) is 0.267. The molecule has 3 aromatic rings. The summed E-state index contributed by atoms with van der Waals surface area (Å²) in [6.07, 6.45) is 0.861. The molecule has 1 fully saturated rings. The molecule has 1 N–H and O–H groups in total. The minimum absolute atomic E-state index is 0.0408. The lowest BCUT2D eigenvalue weighted by Crippen LogP contribution is -2.29. The summed E-state index contributed by atoms with van der Waals surface area (Å²) in [5.41, 5.74) is 3.93. The van der Waals surface area contributed by atoms with E-state index in [1.165, 1.54) is 4.90 Å². The third kappa shape index (κ3) is 4.31. The number of hydrogen-bond acceptors (Lipinski definition) is 6. The maximum Gasteiger partial charge on any atom is 0.300 e. The molecule has 37 heavy (non-hydrogen) atoms. The molecule has 1 saturated heterocycles. The van der Waals surface area contributed by atoms with Crippen LogP contribution in [0.1, 0.15) is 43.5 Å². The summed E-state index contributed by atoms with van der Waals surface area (Å²) in [6.45, 7) is 8.07. The van der Waals surface area contributed by atoms with Crippen LogP contribution in [0.4, 0.5) is 11.4 Å². The zero-order chi connectivity index (χ0) is 26.1. The van der Waals surface area contributed by atoms with Crippen LogP contribution in [0.5, 0.6) is 11.5 Å². The van der Waals surface area contributed by atoms with E-state index in [2.05, 4.69) is 25.7 Å². The molecule has 2 aliphatic heterocycles. The Morgan fingerprint density at radius 3 is 2.24 bits per heavy atom. The first-order valence-electron chi connectivity index (χ1n) is 12.6. The highest BCUT2D eigenvalue weighted by molar-refractivity contribution is 6.51. The Kier molecular flexibility index (Phi) is 6.61. The average Bonchev–Trinajstić information content (AvgIpc) is 3.51. The van der Waals surface area contributed by atoms with Gasteiger partial charge >= 0.3 is 0 Å². The number of carbonyl (C=O) groups excluding carboxylic acids is 2. The van der Waals surface area contributed by atoms with E-state index in [9.17, 15) is 14.7 Å². The largest absolute Gasteiger partial charge is 0.507 e. The van der Waals surface area contributed by atoms with E-state index in [-0.39, 0.29) is 18.1 Å². The molecule has 1 unspecified atom stereocenters. The SMILES string of the molecule is CCc1ccc(N2C(=O)C(=O)/C(=C(\O)c3ccc4c(c3)OCO4)C2c2ccc(N(CC)CC)cc2)cc1. The molecule has 0 saturated carbocycles. The summed E-state index contributed by atoms with van der Waals surface area (Å²) in [6, 6.07) is 19.6. The predicted octanol–water partition coefficient (Wildman–Crippen LogP) is 5.45. The molecular weight excluding hydrogens is 468 g/mol. The van der Waals surface area contributed by atoms with Crippen molar-refractivity contribution < 1.29 is 24.2 Å². The van der Waals surface area contributed by atoms with Gasteiger partial charge in [0.25, 0.3) is 11.7 Å². The zero-order valence-corrected chi connectivity index (χ0v) is 21.2. The molecule has 0 radical (unpaired) electrons. The first-order chi connectivity index (χ1) is 18.0. The van der Waals surface area contributed by atoms with Gasteiger partial charge in [-0.2, -0.15) is 0 Å². The van der Waals surface area contributed by atoms with Crippen LogP contribution in [-0.4, -0.2) is 36.7 Å². The number of nitrogens with zero attached hydrogens (tertiary/aromatic N) is 2. The van der Waals surface area contributed by atoms with Gasteiger partial charge in [0.2, 0.25) is 6.79 Å². The van der Waals surface area contributed by atoms with E-state index in [0.717, 1.165) is 36.3 Å². The first kappa shape index (κ1) is 24.4. The second-order valence-electron chi connectivity index (χ2n) is 9.02. The number of aryl methyl sites for hydroxylation is 1. The summed E-state index contributed by atoms with van der Waals surface area (Å²) in [5, 5.41) is 11.4. The lowest BCUT2D eigenvalue weighted by molar-refractivity contribution is -0.132. The Bertz CT molecular complexity index is 1360. The molecule has 190 valence electrons. The number of hydrogen-bond donors (Lipinski definition) is 1. The monoisotopic (exact) mass is 498 g/mol. The third-order valence-electron chi connectivity index (χ3n) is 7.05. The molecule has 7 nitrogen and oxygen atoms in total. The number of amides is 1. The minimum Gasteiger partial charge on any atom is -0.507 e. The lowest BCUT2D eigenvalue weighted by atomic mass is 9.94.